The topological polar surface area (TPSA) is 91.8 Å². The Hall–Kier alpha value is -3.93. The van der Waals surface area contributed by atoms with E-state index in [0.717, 1.165) is 12.1 Å². The molecule has 1 aliphatic rings. The summed E-state index contributed by atoms with van der Waals surface area (Å²) in [5.74, 6) is -3.68. The van der Waals surface area contributed by atoms with Crippen LogP contribution >= 0.6 is 11.6 Å². The Morgan fingerprint density at radius 1 is 1.16 bits per heavy atom. The van der Waals surface area contributed by atoms with Gasteiger partial charge in [0.25, 0.3) is 5.91 Å². The number of pyridine rings is 1. The lowest BCUT2D eigenvalue weighted by molar-refractivity contribution is -0.189. The Balaban J connectivity index is 1.75. The van der Waals surface area contributed by atoms with Crippen LogP contribution in [0.15, 0.2) is 42.6 Å². The molecule has 13 heteroatoms. The molecule has 0 radical (unpaired) electrons. The molecule has 200 valence electrons. The molecule has 0 saturated carbocycles. The van der Waals surface area contributed by atoms with Crippen molar-refractivity contribution in [1.29, 1.82) is 0 Å². The van der Waals surface area contributed by atoms with Crippen LogP contribution in [0.3, 0.4) is 0 Å². The first-order valence-electron chi connectivity index (χ1n) is 11.1. The third kappa shape index (κ3) is 5.64. The molecule has 7 nitrogen and oxygen atoms in total. The minimum Gasteiger partial charge on any atom is -0.480 e. The number of ether oxygens (including phenoxy) is 1. The van der Waals surface area contributed by atoms with Crippen LogP contribution in [0, 0.1) is 11.6 Å². The van der Waals surface area contributed by atoms with E-state index in [2.05, 4.69) is 10.3 Å². The zero-order valence-electron chi connectivity index (χ0n) is 19.6. The van der Waals surface area contributed by atoms with Gasteiger partial charge in [0.15, 0.2) is 6.10 Å². The third-order valence-corrected chi connectivity index (χ3v) is 6.24. The number of aromatic nitrogens is 1. The molecule has 1 aromatic heterocycles. The molecule has 0 saturated heterocycles. The first kappa shape index (κ1) is 27.1. The number of hydrogen-bond donors (Lipinski definition) is 2. The molecular weight excluding hydrogens is 537 g/mol. The maximum atomic E-state index is 15.3. The molecule has 2 amide bonds. The molecular formula is C25H19ClF5N3O4. The van der Waals surface area contributed by atoms with Gasteiger partial charge in [-0.25, -0.2) is 13.6 Å². The quantitative estimate of drug-likeness (QED) is 0.361. The van der Waals surface area contributed by atoms with Crippen molar-refractivity contribution in [3.63, 3.8) is 0 Å². The van der Waals surface area contributed by atoms with E-state index in [0.29, 0.717) is 30.5 Å². The van der Waals surface area contributed by atoms with Crippen molar-refractivity contribution in [2.75, 3.05) is 11.9 Å². The number of nitrogens with one attached hydrogen (secondary N) is 1. The van der Waals surface area contributed by atoms with Crippen molar-refractivity contribution >= 4 is 29.3 Å². The fourth-order valence-electron chi connectivity index (χ4n) is 3.83. The van der Waals surface area contributed by atoms with Gasteiger partial charge in [0.2, 0.25) is 0 Å². The Morgan fingerprint density at radius 2 is 1.89 bits per heavy atom. The van der Waals surface area contributed by atoms with Gasteiger partial charge >= 0.3 is 12.3 Å². The van der Waals surface area contributed by atoms with Gasteiger partial charge in [0, 0.05) is 18.3 Å². The molecule has 4 rings (SSSR count). The van der Waals surface area contributed by atoms with Crippen LogP contribution in [-0.2, 0) is 13.0 Å². The van der Waals surface area contributed by atoms with Crippen LogP contribution < -0.4 is 10.1 Å². The predicted octanol–water partition coefficient (Wildman–Crippen LogP) is 6.30. The summed E-state index contributed by atoms with van der Waals surface area (Å²) in [7, 11) is 0. The number of rotatable bonds is 5. The summed E-state index contributed by atoms with van der Waals surface area (Å²) in [5, 5.41) is 11.2. The summed E-state index contributed by atoms with van der Waals surface area (Å²) in [6.45, 7) is 0.989. The summed E-state index contributed by atoms with van der Waals surface area (Å²) in [5.41, 5.74) is 0.00990. The highest BCUT2D eigenvalue weighted by molar-refractivity contribution is 6.34. The minimum atomic E-state index is -4.81. The van der Waals surface area contributed by atoms with Crippen LogP contribution in [0.5, 0.6) is 5.75 Å². The summed E-state index contributed by atoms with van der Waals surface area (Å²) in [4.78, 5) is 29.5. The maximum Gasteiger partial charge on any atom is 0.425 e. The van der Waals surface area contributed by atoms with Crippen LogP contribution in [0.2, 0.25) is 5.02 Å². The van der Waals surface area contributed by atoms with Gasteiger partial charge < -0.3 is 20.1 Å². The number of carboxylic acid groups (broad SMARTS) is 1. The molecule has 0 unspecified atom stereocenters. The monoisotopic (exact) mass is 555 g/mol. The Bertz CT molecular complexity index is 1400. The first-order valence-corrected chi connectivity index (χ1v) is 11.5. The number of halogens is 6. The molecule has 0 spiro atoms. The van der Waals surface area contributed by atoms with E-state index in [1.807, 2.05) is 0 Å². The number of alkyl halides is 3. The molecule has 2 N–H and O–H groups in total. The van der Waals surface area contributed by atoms with Crippen molar-refractivity contribution in [1.82, 2.24) is 9.88 Å². The lowest BCUT2D eigenvalue weighted by Crippen LogP contribution is -2.34. The zero-order chi connectivity index (χ0) is 27.8. The number of para-hydroxylation sites is 1. The number of anilines is 1. The second-order valence-corrected chi connectivity index (χ2v) is 8.88. The first-order chi connectivity index (χ1) is 17.8. The summed E-state index contributed by atoms with van der Waals surface area (Å²) in [6.07, 6.45) is -6.60. The number of hydrogen-bond acceptors (Lipinski definition) is 4. The van der Waals surface area contributed by atoms with E-state index in [9.17, 15) is 32.3 Å². The molecule has 1 aliphatic heterocycles. The third-order valence-electron chi connectivity index (χ3n) is 5.92. The van der Waals surface area contributed by atoms with Crippen molar-refractivity contribution in [2.24, 2.45) is 0 Å². The van der Waals surface area contributed by atoms with E-state index in [4.69, 9.17) is 16.3 Å². The molecule has 3 aromatic rings. The average Bonchev–Trinajstić information content (AvgIpc) is 2.85. The number of benzene rings is 2. The highest BCUT2D eigenvalue weighted by Crippen LogP contribution is 2.35. The lowest BCUT2D eigenvalue weighted by Gasteiger charge is -2.26. The smallest absolute Gasteiger partial charge is 0.425 e. The molecule has 0 bridgehead atoms. The fourth-order valence-corrected chi connectivity index (χ4v) is 4.04. The molecule has 1 atom stereocenters. The second kappa shape index (κ2) is 10.4. The maximum absolute atomic E-state index is 15.3. The molecule has 2 heterocycles. The average molecular weight is 556 g/mol. The fraction of sp³-hybridized carbons (Fsp3) is 0.240. The highest BCUT2D eigenvalue weighted by Gasteiger charge is 2.39. The number of carbonyl (C=O) groups is 2. The van der Waals surface area contributed by atoms with Crippen molar-refractivity contribution in [3.05, 3.63) is 75.9 Å². The molecule has 0 fully saturated rings. The summed E-state index contributed by atoms with van der Waals surface area (Å²) < 4.78 is 74.3. The summed E-state index contributed by atoms with van der Waals surface area (Å²) >= 11 is 5.91. The molecule has 38 heavy (non-hydrogen) atoms. The standard InChI is InChI=1S/C25H19ClF5N3O4/c1-12(25(29,30)31)38-21-9-15(20-7-13-5-6-34(24(36)37)11-14(13)10-32-20)19(28)8-16(21)23(35)33-22-17(26)3-2-4-18(22)27/h2-4,7-10,12H,5-6,11H2,1H3,(H,33,35)(H,36,37)/t12-/m0/s1. The Morgan fingerprint density at radius 3 is 2.55 bits per heavy atom. The number of amides is 2. The van der Waals surface area contributed by atoms with Gasteiger partial charge in [-0.3, -0.25) is 9.78 Å². The Kier molecular flexibility index (Phi) is 7.45. The van der Waals surface area contributed by atoms with Crippen molar-refractivity contribution < 1.29 is 41.4 Å². The van der Waals surface area contributed by atoms with E-state index in [1.165, 1.54) is 29.3 Å². The number of fused-ring (bicyclic) bond motifs is 1. The summed E-state index contributed by atoms with van der Waals surface area (Å²) in [6, 6.07) is 6.66. The SMILES string of the molecule is C[C@H](Oc1cc(-c2cc3c(cn2)CN(C(=O)O)CC3)c(F)cc1C(=O)Nc1c(F)cccc1Cl)C(F)(F)F. The van der Waals surface area contributed by atoms with Crippen LogP contribution in [0.1, 0.15) is 28.4 Å². The highest BCUT2D eigenvalue weighted by atomic mass is 35.5. The zero-order valence-corrected chi connectivity index (χ0v) is 20.3. The van der Waals surface area contributed by atoms with Crippen LogP contribution in [0.25, 0.3) is 11.3 Å². The van der Waals surface area contributed by atoms with E-state index in [1.54, 1.807) is 0 Å². The normalized spacial score (nSPS) is 14.0. The van der Waals surface area contributed by atoms with E-state index < -0.39 is 52.9 Å². The minimum absolute atomic E-state index is 0.0404. The van der Waals surface area contributed by atoms with Crippen LogP contribution in [0.4, 0.5) is 32.4 Å². The largest absolute Gasteiger partial charge is 0.480 e. The van der Waals surface area contributed by atoms with Gasteiger partial charge in [-0.1, -0.05) is 17.7 Å². The van der Waals surface area contributed by atoms with Gasteiger partial charge in [-0.15, -0.1) is 0 Å². The predicted molar refractivity (Wildman–Crippen MR) is 127 cm³/mol. The molecule has 0 aliphatic carbocycles. The van der Waals surface area contributed by atoms with Gasteiger partial charge in [-0.2, -0.15) is 13.2 Å². The van der Waals surface area contributed by atoms with Gasteiger partial charge in [-0.05, 0) is 54.8 Å². The molecule has 2 aromatic carbocycles. The van der Waals surface area contributed by atoms with Crippen LogP contribution in [-0.4, -0.2) is 45.8 Å². The van der Waals surface area contributed by atoms with Gasteiger partial charge in [0.1, 0.15) is 17.4 Å². The van der Waals surface area contributed by atoms with Crippen molar-refractivity contribution in [2.45, 2.75) is 32.2 Å². The Labute approximate surface area is 217 Å². The second-order valence-electron chi connectivity index (χ2n) is 8.47. The van der Waals surface area contributed by atoms with Gasteiger partial charge in [0.05, 0.1) is 28.5 Å². The van der Waals surface area contributed by atoms with Crippen molar-refractivity contribution in [3.8, 4) is 17.0 Å². The number of nitrogens with zero attached hydrogens (tertiary/aromatic N) is 2. The number of carbonyl (C=O) groups excluding carboxylic acids is 1. The lowest BCUT2D eigenvalue weighted by atomic mass is 9.98. The van der Waals surface area contributed by atoms with E-state index >= 15 is 4.39 Å². The van der Waals surface area contributed by atoms with E-state index in [-0.39, 0.29) is 29.4 Å².